The molecule has 37 heavy (non-hydrogen) atoms. The third-order valence-electron chi connectivity index (χ3n) is 6.40. The maximum atomic E-state index is 13.7. The molecule has 1 amide bonds. The van der Waals surface area contributed by atoms with Crippen molar-refractivity contribution in [3.05, 3.63) is 65.2 Å². The summed E-state index contributed by atoms with van der Waals surface area (Å²) >= 11 is 1.81. The van der Waals surface area contributed by atoms with Crippen LogP contribution in [0.25, 0.3) is 0 Å². The molecule has 1 aliphatic carbocycles. The van der Waals surface area contributed by atoms with Crippen molar-refractivity contribution in [1.29, 1.82) is 0 Å². The second-order valence-electron chi connectivity index (χ2n) is 10.9. The summed E-state index contributed by atoms with van der Waals surface area (Å²) in [4.78, 5) is 15.7. The zero-order valence-electron chi connectivity index (χ0n) is 22.6. The lowest BCUT2D eigenvalue weighted by Gasteiger charge is -2.37. The lowest BCUT2D eigenvalue weighted by Crippen LogP contribution is -2.46. The molecule has 7 heteroatoms. The van der Waals surface area contributed by atoms with E-state index in [2.05, 4.69) is 49.4 Å². The van der Waals surface area contributed by atoms with E-state index in [0.29, 0.717) is 32.6 Å². The second-order valence-corrected chi connectivity index (χ2v) is 11.9. The van der Waals surface area contributed by atoms with E-state index in [-0.39, 0.29) is 18.9 Å². The maximum absolute atomic E-state index is 13.7. The number of unbranched alkanes of at least 4 members (excludes halogenated alkanes) is 1. The molecule has 0 bridgehead atoms. The SMILES string of the molecule is Cc1ccc(SCc2ccccc2)c(COCCCCN(C(=O)OC(C)(C)C)C2CCC(F)(F)CC2)c1. The molecule has 1 saturated carbocycles. The van der Waals surface area contributed by atoms with Crippen molar-refractivity contribution in [1.82, 2.24) is 4.90 Å². The molecule has 1 aliphatic rings. The average Bonchev–Trinajstić information content (AvgIpc) is 2.83. The zero-order valence-corrected chi connectivity index (χ0v) is 23.4. The minimum absolute atomic E-state index is 0.179. The number of carbonyl (C=O) groups excluding carboxylic acids is 1. The van der Waals surface area contributed by atoms with Crippen molar-refractivity contribution in [2.24, 2.45) is 0 Å². The van der Waals surface area contributed by atoms with Crippen LogP contribution in [0.15, 0.2) is 53.4 Å². The van der Waals surface area contributed by atoms with E-state index in [4.69, 9.17) is 9.47 Å². The summed E-state index contributed by atoms with van der Waals surface area (Å²) in [5, 5.41) is 0. The molecule has 0 aromatic heterocycles. The minimum atomic E-state index is -2.63. The predicted octanol–water partition coefficient (Wildman–Crippen LogP) is 8.40. The van der Waals surface area contributed by atoms with Gasteiger partial charge in [-0.15, -0.1) is 11.8 Å². The fourth-order valence-electron chi connectivity index (χ4n) is 4.45. The van der Waals surface area contributed by atoms with Gasteiger partial charge in [0.15, 0.2) is 0 Å². The Morgan fingerprint density at radius 3 is 2.46 bits per heavy atom. The number of benzene rings is 2. The molecule has 2 aromatic carbocycles. The highest BCUT2D eigenvalue weighted by atomic mass is 32.2. The Morgan fingerprint density at radius 1 is 1.08 bits per heavy atom. The fourth-order valence-corrected chi connectivity index (χ4v) is 5.43. The molecule has 0 heterocycles. The van der Waals surface area contributed by atoms with Crippen LogP contribution in [-0.4, -0.2) is 41.7 Å². The third kappa shape index (κ3) is 10.3. The van der Waals surface area contributed by atoms with Gasteiger partial charge < -0.3 is 14.4 Å². The Morgan fingerprint density at radius 2 is 1.78 bits per heavy atom. The van der Waals surface area contributed by atoms with Gasteiger partial charge in [0.25, 0.3) is 0 Å². The highest BCUT2D eigenvalue weighted by Crippen LogP contribution is 2.35. The van der Waals surface area contributed by atoms with E-state index < -0.39 is 17.6 Å². The number of ether oxygens (including phenoxy) is 2. The Bertz CT molecular complexity index is 984. The second kappa shape index (κ2) is 13.6. The van der Waals surface area contributed by atoms with E-state index in [1.807, 2.05) is 38.6 Å². The van der Waals surface area contributed by atoms with Crippen LogP contribution in [0.2, 0.25) is 0 Å². The first-order valence-electron chi connectivity index (χ1n) is 13.2. The molecule has 0 saturated heterocycles. The fraction of sp³-hybridized carbons (Fsp3) is 0.567. The molecular weight excluding hydrogens is 492 g/mol. The van der Waals surface area contributed by atoms with Gasteiger partial charge in [0.05, 0.1) is 6.61 Å². The number of halogens is 2. The van der Waals surface area contributed by atoms with E-state index >= 15 is 0 Å². The largest absolute Gasteiger partial charge is 0.444 e. The van der Waals surface area contributed by atoms with Crippen LogP contribution >= 0.6 is 11.8 Å². The minimum Gasteiger partial charge on any atom is -0.444 e. The molecular formula is C30H41F2NO3S. The summed E-state index contributed by atoms with van der Waals surface area (Å²) in [7, 11) is 0. The van der Waals surface area contributed by atoms with Gasteiger partial charge in [0.1, 0.15) is 5.60 Å². The third-order valence-corrected chi connectivity index (χ3v) is 7.59. The van der Waals surface area contributed by atoms with E-state index in [1.165, 1.54) is 21.6 Å². The van der Waals surface area contributed by atoms with Gasteiger partial charge in [0.2, 0.25) is 5.92 Å². The Labute approximate surface area is 225 Å². The summed E-state index contributed by atoms with van der Waals surface area (Å²) < 4.78 is 39.0. The van der Waals surface area contributed by atoms with Crippen molar-refractivity contribution in [2.75, 3.05) is 13.2 Å². The first-order chi connectivity index (χ1) is 17.5. The standard InChI is InChI=1S/C30H41F2NO3S/c1-23-12-13-27(37-22-24-10-6-5-7-11-24)25(20-23)21-35-19-9-8-18-33(28(34)36-29(2,3)4)26-14-16-30(31,32)17-15-26/h5-7,10-13,20,26H,8-9,14-19,21-22H2,1-4H3. The quantitative estimate of drug-likeness (QED) is 0.215. The first-order valence-corrected chi connectivity index (χ1v) is 14.2. The van der Waals surface area contributed by atoms with Crippen molar-refractivity contribution >= 4 is 17.9 Å². The number of aryl methyl sites for hydroxylation is 1. The van der Waals surface area contributed by atoms with Crippen molar-refractivity contribution in [3.8, 4) is 0 Å². The first kappa shape index (κ1) is 29.4. The number of thioether (sulfide) groups is 1. The lowest BCUT2D eigenvalue weighted by molar-refractivity contribution is -0.0572. The summed E-state index contributed by atoms with van der Waals surface area (Å²) in [5.74, 6) is -1.72. The molecule has 0 unspecified atom stereocenters. The highest BCUT2D eigenvalue weighted by molar-refractivity contribution is 7.98. The Kier molecular flexibility index (Phi) is 10.8. The number of nitrogens with zero attached hydrogens (tertiary/aromatic N) is 1. The number of hydrogen-bond acceptors (Lipinski definition) is 4. The summed E-state index contributed by atoms with van der Waals surface area (Å²) in [5.41, 5.74) is 3.05. The van der Waals surface area contributed by atoms with Gasteiger partial charge in [-0.2, -0.15) is 0 Å². The van der Waals surface area contributed by atoms with Crippen molar-refractivity contribution in [2.45, 2.75) is 101 Å². The van der Waals surface area contributed by atoms with Gasteiger partial charge >= 0.3 is 6.09 Å². The molecule has 0 N–H and O–H groups in total. The molecule has 4 nitrogen and oxygen atoms in total. The van der Waals surface area contributed by atoms with Crippen LogP contribution in [0.4, 0.5) is 13.6 Å². The molecule has 0 spiro atoms. The van der Waals surface area contributed by atoms with Crippen LogP contribution in [0.3, 0.4) is 0 Å². The van der Waals surface area contributed by atoms with Gasteiger partial charge in [-0.1, -0.05) is 48.0 Å². The van der Waals surface area contributed by atoms with Crippen LogP contribution in [0, 0.1) is 6.92 Å². The van der Waals surface area contributed by atoms with Gasteiger partial charge in [-0.3, -0.25) is 0 Å². The van der Waals surface area contributed by atoms with E-state index in [0.717, 1.165) is 18.6 Å². The summed E-state index contributed by atoms with van der Waals surface area (Å²) in [6, 6.07) is 16.7. The molecule has 0 radical (unpaired) electrons. The molecule has 0 atom stereocenters. The average molecular weight is 534 g/mol. The van der Waals surface area contributed by atoms with Crippen LogP contribution in [-0.2, 0) is 21.8 Å². The summed E-state index contributed by atoms with van der Waals surface area (Å²) in [6.07, 6.45) is 1.35. The highest BCUT2D eigenvalue weighted by Gasteiger charge is 2.39. The zero-order chi connectivity index (χ0) is 26.9. The monoisotopic (exact) mass is 533 g/mol. The van der Waals surface area contributed by atoms with Crippen LogP contribution in [0.1, 0.15) is 76.0 Å². The van der Waals surface area contributed by atoms with E-state index in [9.17, 15) is 13.6 Å². The number of rotatable bonds is 11. The Hall–Kier alpha value is -2.12. The normalized spacial score (nSPS) is 15.9. The van der Waals surface area contributed by atoms with Crippen molar-refractivity contribution in [3.63, 3.8) is 0 Å². The maximum Gasteiger partial charge on any atom is 0.410 e. The van der Waals surface area contributed by atoms with E-state index in [1.54, 1.807) is 4.90 Å². The van der Waals surface area contributed by atoms with Gasteiger partial charge in [0, 0.05) is 42.7 Å². The number of hydrogen-bond donors (Lipinski definition) is 0. The summed E-state index contributed by atoms with van der Waals surface area (Å²) in [6.45, 7) is 9.14. The molecule has 204 valence electrons. The predicted molar refractivity (Wildman–Crippen MR) is 146 cm³/mol. The number of amides is 1. The topological polar surface area (TPSA) is 38.8 Å². The lowest BCUT2D eigenvalue weighted by atomic mass is 9.91. The van der Waals surface area contributed by atoms with Crippen LogP contribution < -0.4 is 0 Å². The van der Waals surface area contributed by atoms with Gasteiger partial charge in [-0.05, 0) is 70.6 Å². The molecule has 0 aliphatic heterocycles. The molecule has 3 rings (SSSR count). The number of alkyl halides is 2. The van der Waals surface area contributed by atoms with Crippen LogP contribution in [0.5, 0.6) is 0 Å². The molecule has 2 aromatic rings. The number of carbonyl (C=O) groups is 1. The Balaban J connectivity index is 1.47. The molecule has 1 fully saturated rings. The van der Waals surface area contributed by atoms with Gasteiger partial charge in [-0.25, -0.2) is 13.6 Å². The van der Waals surface area contributed by atoms with Crippen molar-refractivity contribution < 1.29 is 23.0 Å². The smallest absolute Gasteiger partial charge is 0.410 e.